The number of hydrogen-bond donors (Lipinski definition) is 0. The van der Waals surface area contributed by atoms with Crippen LogP contribution in [0.3, 0.4) is 0 Å². The first-order chi connectivity index (χ1) is 17.1. The normalized spacial score (nSPS) is 11.0. The van der Waals surface area contributed by atoms with E-state index in [1.165, 1.54) is 0 Å². The summed E-state index contributed by atoms with van der Waals surface area (Å²) < 4.78 is 12.9. The minimum absolute atomic E-state index is 0.701. The molecule has 5 nitrogen and oxygen atoms in total. The van der Waals surface area contributed by atoms with Gasteiger partial charge in [-0.05, 0) is 42.8 Å². The maximum Gasteiger partial charge on any atom is 0.211 e. The molecule has 5 rings (SSSR count). The van der Waals surface area contributed by atoms with Crippen LogP contribution >= 0.6 is 22.9 Å². The molecule has 2 aromatic heterocycles. The van der Waals surface area contributed by atoms with E-state index in [9.17, 15) is 0 Å². The van der Waals surface area contributed by atoms with Gasteiger partial charge in [-0.15, -0.1) is 11.3 Å². The van der Waals surface area contributed by atoms with Crippen LogP contribution in [0.25, 0.3) is 38.9 Å². The molecule has 0 aliphatic heterocycles. The molecule has 2 heterocycles. The van der Waals surface area contributed by atoms with Crippen molar-refractivity contribution in [1.29, 1.82) is 0 Å². The second-order valence-corrected chi connectivity index (χ2v) is 9.20. The maximum atomic E-state index is 6.08. The van der Waals surface area contributed by atoms with Crippen LogP contribution in [-0.4, -0.2) is 29.0 Å². The molecule has 0 unspecified atom stereocenters. The van der Waals surface area contributed by atoms with Crippen molar-refractivity contribution < 1.29 is 9.47 Å². The lowest BCUT2D eigenvalue weighted by Gasteiger charge is -2.09. The summed E-state index contributed by atoms with van der Waals surface area (Å²) in [6.45, 7) is 2.15. The van der Waals surface area contributed by atoms with E-state index in [1.807, 2.05) is 70.7 Å². The topological polar surface area (TPSA) is 49.2 Å². The molecule has 0 aliphatic rings. The van der Waals surface area contributed by atoms with Crippen molar-refractivity contribution in [1.82, 2.24) is 14.8 Å². The zero-order valence-electron chi connectivity index (χ0n) is 19.7. The number of ether oxygens (including phenoxy) is 2. The van der Waals surface area contributed by atoms with Crippen molar-refractivity contribution >= 4 is 22.9 Å². The van der Waals surface area contributed by atoms with E-state index in [4.69, 9.17) is 31.2 Å². The second-order valence-electron chi connectivity index (χ2n) is 7.93. The van der Waals surface area contributed by atoms with Crippen LogP contribution in [0.15, 0.2) is 78.2 Å². The predicted octanol–water partition coefficient (Wildman–Crippen LogP) is 7.56. The molecule has 0 spiro atoms. The van der Waals surface area contributed by atoms with Crippen LogP contribution in [0.1, 0.15) is 12.5 Å². The van der Waals surface area contributed by atoms with Crippen molar-refractivity contribution in [3.8, 4) is 50.4 Å². The summed E-state index contributed by atoms with van der Waals surface area (Å²) in [6, 6.07) is 23.8. The van der Waals surface area contributed by atoms with E-state index < -0.39 is 0 Å². The van der Waals surface area contributed by atoms with E-state index in [2.05, 4.69) is 19.1 Å². The summed E-state index contributed by atoms with van der Waals surface area (Å²) in [4.78, 5) is 4.95. The molecular weight excluding hydrogens is 478 g/mol. The van der Waals surface area contributed by atoms with E-state index in [-0.39, 0.29) is 0 Å². The van der Waals surface area contributed by atoms with Crippen molar-refractivity contribution in [2.24, 2.45) is 0 Å². The highest BCUT2D eigenvalue weighted by atomic mass is 35.5. The predicted molar refractivity (Wildman–Crippen MR) is 143 cm³/mol. The van der Waals surface area contributed by atoms with E-state index in [1.54, 1.807) is 25.6 Å². The van der Waals surface area contributed by atoms with Gasteiger partial charge in [-0.25, -0.2) is 9.67 Å². The van der Waals surface area contributed by atoms with Gasteiger partial charge in [0.15, 0.2) is 0 Å². The quantitative estimate of drug-likeness (QED) is 0.231. The highest BCUT2D eigenvalue weighted by Crippen LogP contribution is 2.38. The Morgan fingerprint density at radius 2 is 1.51 bits per heavy atom. The minimum Gasteiger partial charge on any atom is -0.497 e. The first-order valence-corrected chi connectivity index (χ1v) is 12.5. The number of methoxy groups -OCH3 is 2. The fourth-order valence-corrected chi connectivity index (χ4v) is 5.02. The molecule has 0 aliphatic carbocycles. The van der Waals surface area contributed by atoms with Crippen molar-refractivity contribution in [2.45, 2.75) is 13.3 Å². The molecule has 35 heavy (non-hydrogen) atoms. The van der Waals surface area contributed by atoms with E-state index >= 15 is 0 Å². The lowest BCUT2D eigenvalue weighted by atomic mass is 9.99. The summed E-state index contributed by atoms with van der Waals surface area (Å²) in [6.07, 6.45) is 0.800. The summed E-state index contributed by atoms with van der Waals surface area (Å²) in [5.41, 5.74) is 6.96. The molecule has 0 fully saturated rings. The van der Waals surface area contributed by atoms with E-state index in [0.717, 1.165) is 62.4 Å². The molecule has 0 amide bonds. The summed E-state index contributed by atoms with van der Waals surface area (Å²) in [5.74, 6) is 1.59. The Morgan fingerprint density at radius 1 is 0.857 bits per heavy atom. The molecule has 7 heteroatoms. The number of aromatic nitrogens is 3. The summed E-state index contributed by atoms with van der Waals surface area (Å²) in [5, 5.41) is 8.63. The first-order valence-electron chi connectivity index (χ1n) is 11.2. The molecule has 0 saturated heterocycles. The number of hydrogen-bond acceptors (Lipinski definition) is 5. The van der Waals surface area contributed by atoms with Gasteiger partial charge in [0, 0.05) is 32.7 Å². The average molecular weight is 502 g/mol. The van der Waals surface area contributed by atoms with Gasteiger partial charge in [-0.1, -0.05) is 54.9 Å². The van der Waals surface area contributed by atoms with Crippen LogP contribution in [-0.2, 0) is 6.42 Å². The number of halogens is 1. The van der Waals surface area contributed by atoms with Crippen molar-refractivity contribution in [3.05, 3.63) is 88.8 Å². The largest absolute Gasteiger partial charge is 0.497 e. The number of nitrogens with zero attached hydrogens (tertiary/aromatic N) is 3. The van der Waals surface area contributed by atoms with Gasteiger partial charge in [0.2, 0.25) is 5.13 Å². The van der Waals surface area contributed by atoms with Gasteiger partial charge >= 0.3 is 0 Å². The average Bonchev–Trinajstić information content (AvgIpc) is 3.54. The third-order valence-electron chi connectivity index (χ3n) is 5.84. The van der Waals surface area contributed by atoms with Crippen LogP contribution < -0.4 is 9.47 Å². The maximum absolute atomic E-state index is 6.08. The van der Waals surface area contributed by atoms with E-state index in [0.29, 0.717) is 5.02 Å². The molecule has 3 aromatic carbocycles. The van der Waals surface area contributed by atoms with Crippen molar-refractivity contribution in [2.75, 3.05) is 14.2 Å². The Morgan fingerprint density at radius 3 is 2.17 bits per heavy atom. The van der Waals surface area contributed by atoms with Crippen LogP contribution in [0.5, 0.6) is 11.5 Å². The lowest BCUT2D eigenvalue weighted by Crippen LogP contribution is -2.00. The second kappa shape index (κ2) is 9.94. The standard InChI is InChI=1S/C28H24ClN3O2S/c1-4-24-26(19-7-5-9-22(15-19)33-2)31-32(27(24)20-8-6-10-23(16-20)34-3)28-30-25(17-35-28)18-11-13-21(29)14-12-18/h5-17H,4H2,1-3H3. The Balaban J connectivity index is 1.71. The molecule has 0 radical (unpaired) electrons. The number of benzene rings is 3. The first kappa shape index (κ1) is 23.1. The molecule has 0 bridgehead atoms. The zero-order chi connectivity index (χ0) is 24.4. The Hall–Kier alpha value is -3.61. The molecule has 0 atom stereocenters. The highest BCUT2D eigenvalue weighted by molar-refractivity contribution is 7.12. The monoisotopic (exact) mass is 501 g/mol. The fraction of sp³-hybridized carbons (Fsp3) is 0.143. The van der Waals surface area contributed by atoms with Crippen molar-refractivity contribution in [3.63, 3.8) is 0 Å². The Labute approximate surface area is 213 Å². The van der Waals surface area contributed by atoms with Crippen LogP contribution in [0.2, 0.25) is 5.02 Å². The molecule has 176 valence electrons. The minimum atomic E-state index is 0.701. The molecule has 5 aromatic rings. The molecule has 0 N–H and O–H groups in total. The van der Waals surface area contributed by atoms with Gasteiger partial charge in [0.1, 0.15) is 11.5 Å². The van der Waals surface area contributed by atoms with Gasteiger partial charge in [-0.3, -0.25) is 0 Å². The smallest absolute Gasteiger partial charge is 0.211 e. The number of rotatable bonds is 7. The lowest BCUT2D eigenvalue weighted by molar-refractivity contribution is 0.415. The zero-order valence-corrected chi connectivity index (χ0v) is 21.2. The molecule has 0 saturated carbocycles. The van der Waals surface area contributed by atoms with Gasteiger partial charge in [0.05, 0.1) is 31.3 Å². The summed E-state index contributed by atoms with van der Waals surface area (Å²) >= 11 is 7.63. The third kappa shape index (κ3) is 4.55. The van der Waals surface area contributed by atoms with Gasteiger partial charge in [0.25, 0.3) is 0 Å². The SMILES string of the molecule is CCc1c(-c2cccc(OC)c2)nn(-c2nc(-c3ccc(Cl)cc3)cs2)c1-c1cccc(OC)c1. The Kier molecular flexibility index (Phi) is 6.57. The molecular formula is C28H24ClN3O2S. The van der Waals surface area contributed by atoms with Gasteiger partial charge in [-0.2, -0.15) is 5.10 Å². The highest BCUT2D eigenvalue weighted by Gasteiger charge is 2.23. The van der Waals surface area contributed by atoms with Gasteiger partial charge < -0.3 is 9.47 Å². The van der Waals surface area contributed by atoms with Crippen LogP contribution in [0, 0.1) is 0 Å². The Bertz CT molecular complexity index is 1470. The van der Waals surface area contributed by atoms with Crippen LogP contribution in [0.4, 0.5) is 0 Å². The third-order valence-corrected chi connectivity index (χ3v) is 6.90. The fourth-order valence-electron chi connectivity index (χ4n) is 4.11. The summed E-state index contributed by atoms with van der Waals surface area (Å²) in [7, 11) is 3.35. The number of thiazole rings is 1.